The Bertz CT molecular complexity index is 1030. The predicted octanol–water partition coefficient (Wildman–Crippen LogP) is 6.57. The molecule has 0 spiro atoms. The highest BCUT2D eigenvalue weighted by molar-refractivity contribution is 5.81. The monoisotopic (exact) mass is 408 g/mol. The molecule has 0 saturated carbocycles. The Kier molecular flexibility index (Phi) is 6.55. The van der Waals surface area contributed by atoms with Crippen molar-refractivity contribution in [3.05, 3.63) is 59.4 Å². The maximum Gasteiger partial charge on any atom is 0.138 e. The zero-order chi connectivity index (χ0) is 21.9. The number of benzene rings is 2. The first-order valence-electron chi connectivity index (χ1n) is 10.7. The van der Waals surface area contributed by atoms with Crippen LogP contribution in [-0.2, 0) is 11.2 Å². The molecule has 2 aromatic carbocycles. The Morgan fingerprint density at radius 2 is 1.93 bits per heavy atom. The fourth-order valence-corrected chi connectivity index (χ4v) is 3.53. The van der Waals surface area contributed by atoms with Crippen LogP contribution in [0.25, 0.3) is 11.0 Å². The van der Waals surface area contributed by atoms with Gasteiger partial charge in [0.05, 0.1) is 5.41 Å². The maximum atomic E-state index is 11.7. The summed E-state index contributed by atoms with van der Waals surface area (Å²) in [4.78, 5) is 11.7. The summed E-state index contributed by atoms with van der Waals surface area (Å²) in [6.07, 6.45) is 2.92. The number of furan rings is 1. The third-order valence-corrected chi connectivity index (χ3v) is 5.98. The number of phenols is 1. The van der Waals surface area contributed by atoms with E-state index in [1.54, 1.807) is 19.1 Å². The van der Waals surface area contributed by atoms with Crippen LogP contribution in [0.1, 0.15) is 63.3 Å². The van der Waals surface area contributed by atoms with Gasteiger partial charge >= 0.3 is 0 Å². The van der Waals surface area contributed by atoms with E-state index in [1.165, 1.54) is 5.56 Å². The lowest BCUT2D eigenvalue weighted by Gasteiger charge is -2.22. The van der Waals surface area contributed by atoms with Gasteiger partial charge in [0.1, 0.15) is 35.2 Å². The molecule has 0 radical (unpaired) electrons. The average molecular weight is 409 g/mol. The molecule has 0 aliphatic carbocycles. The molecule has 1 heterocycles. The molecule has 4 nitrogen and oxygen atoms in total. The zero-order valence-corrected chi connectivity index (χ0v) is 18.6. The standard InChI is InChI=1S/C26H32O4/c1-6-20(25-15-21-14-22(28)10-12-24(21)30-25)9-7-19-8-11-23(17(2)13-19)29-16-26(4,5)18(3)27/h8,10-15,20,28H,6-7,9,16H2,1-5H3. The van der Waals surface area contributed by atoms with E-state index in [0.717, 1.165) is 47.3 Å². The number of aryl methyl sites for hydroxylation is 2. The van der Waals surface area contributed by atoms with E-state index in [9.17, 15) is 9.90 Å². The number of hydrogen-bond acceptors (Lipinski definition) is 4. The molecule has 3 aromatic rings. The topological polar surface area (TPSA) is 59.7 Å². The largest absolute Gasteiger partial charge is 0.508 e. The number of aromatic hydroxyl groups is 1. The quantitative estimate of drug-likeness (QED) is 0.435. The fraction of sp³-hybridized carbons (Fsp3) is 0.423. The summed E-state index contributed by atoms with van der Waals surface area (Å²) < 4.78 is 12.0. The van der Waals surface area contributed by atoms with Crippen molar-refractivity contribution in [1.82, 2.24) is 0 Å². The number of carbonyl (C=O) groups excluding carboxylic acids is 1. The van der Waals surface area contributed by atoms with E-state index in [2.05, 4.69) is 19.1 Å². The molecule has 1 unspecified atom stereocenters. The fourth-order valence-electron chi connectivity index (χ4n) is 3.53. The lowest BCUT2D eigenvalue weighted by atomic mass is 9.90. The molecular formula is C26H32O4. The van der Waals surface area contributed by atoms with Crippen LogP contribution in [-0.4, -0.2) is 17.5 Å². The minimum atomic E-state index is -0.483. The SMILES string of the molecule is CCC(CCc1ccc(OCC(C)(C)C(C)=O)c(C)c1)c1cc2cc(O)ccc2o1. The van der Waals surface area contributed by atoms with Gasteiger partial charge in [-0.2, -0.15) is 0 Å². The number of hydrogen-bond donors (Lipinski definition) is 1. The molecular weight excluding hydrogens is 376 g/mol. The van der Waals surface area contributed by atoms with Crippen molar-refractivity contribution in [3.8, 4) is 11.5 Å². The third kappa shape index (κ3) is 5.05. The number of Topliss-reactive ketones (excluding diaryl/α,β-unsaturated/α-hetero) is 1. The van der Waals surface area contributed by atoms with Crippen molar-refractivity contribution < 1.29 is 19.1 Å². The van der Waals surface area contributed by atoms with E-state index in [0.29, 0.717) is 12.5 Å². The minimum Gasteiger partial charge on any atom is -0.508 e. The second-order valence-electron chi connectivity index (χ2n) is 8.84. The Morgan fingerprint density at radius 1 is 1.17 bits per heavy atom. The van der Waals surface area contributed by atoms with E-state index in [4.69, 9.17) is 9.15 Å². The van der Waals surface area contributed by atoms with Crippen LogP contribution in [0.15, 0.2) is 46.9 Å². The average Bonchev–Trinajstić information content (AvgIpc) is 3.10. The minimum absolute atomic E-state index is 0.128. The van der Waals surface area contributed by atoms with Crippen molar-refractivity contribution in [1.29, 1.82) is 0 Å². The zero-order valence-electron chi connectivity index (χ0n) is 18.6. The van der Waals surface area contributed by atoms with Crippen LogP contribution >= 0.6 is 0 Å². The first-order chi connectivity index (χ1) is 14.2. The van der Waals surface area contributed by atoms with Gasteiger partial charge in [-0.15, -0.1) is 0 Å². The lowest BCUT2D eigenvalue weighted by molar-refractivity contribution is -0.126. The highest BCUT2D eigenvalue weighted by atomic mass is 16.5. The van der Waals surface area contributed by atoms with Crippen LogP contribution in [0.4, 0.5) is 0 Å². The second-order valence-corrected chi connectivity index (χ2v) is 8.84. The number of fused-ring (bicyclic) bond motifs is 1. The normalized spacial score (nSPS) is 12.8. The Labute approximate surface area is 178 Å². The molecule has 0 amide bonds. The van der Waals surface area contributed by atoms with Crippen LogP contribution < -0.4 is 4.74 Å². The molecule has 0 aliphatic heterocycles. The molecule has 1 N–H and O–H groups in total. The van der Waals surface area contributed by atoms with Crippen molar-refractivity contribution in [2.24, 2.45) is 5.41 Å². The van der Waals surface area contributed by atoms with Crippen LogP contribution in [0, 0.1) is 12.3 Å². The van der Waals surface area contributed by atoms with Crippen LogP contribution in [0.2, 0.25) is 0 Å². The van der Waals surface area contributed by atoms with Gasteiger partial charge in [0.15, 0.2) is 0 Å². The molecule has 0 saturated heterocycles. The summed E-state index contributed by atoms with van der Waals surface area (Å²) in [6.45, 7) is 10.0. The first-order valence-corrected chi connectivity index (χ1v) is 10.7. The van der Waals surface area contributed by atoms with Crippen molar-refractivity contribution in [2.45, 2.75) is 59.8 Å². The molecule has 0 aliphatic rings. The Morgan fingerprint density at radius 3 is 2.60 bits per heavy atom. The third-order valence-electron chi connectivity index (χ3n) is 5.98. The van der Waals surface area contributed by atoms with Gasteiger partial charge in [0.25, 0.3) is 0 Å². The molecule has 1 aromatic heterocycles. The first kappa shape index (κ1) is 21.9. The number of phenolic OH excluding ortho intramolecular Hbond substituents is 1. The summed E-state index contributed by atoms with van der Waals surface area (Å²) in [7, 11) is 0. The number of ether oxygens (including phenoxy) is 1. The summed E-state index contributed by atoms with van der Waals surface area (Å²) >= 11 is 0. The van der Waals surface area contributed by atoms with Gasteiger partial charge in [-0.3, -0.25) is 4.79 Å². The van der Waals surface area contributed by atoms with E-state index >= 15 is 0 Å². The highest BCUT2D eigenvalue weighted by Gasteiger charge is 2.25. The highest BCUT2D eigenvalue weighted by Crippen LogP contribution is 2.32. The van der Waals surface area contributed by atoms with E-state index in [1.807, 2.05) is 39.0 Å². The number of carbonyl (C=O) groups is 1. The molecule has 4 heteroatoms. The maximum absolute atomic E-state index is 11.7. The number of ketones is 1. The summed E-state index contributed by atoms with van der Waals surface area (Å²) in [5.41, 5.74) is 2.67. The van der Waals surface area contributed by atoms with Gasteiger partial charge in [0, 0.05) is 11.3 Å². The Hall–Kier alpha value is -2.75. The molecule has 0 bridgehead atoms. The molecule has 30 heavy (non-hydrogen) atoms. The van der Waals surface area contributed by atoms with Crippen molar-refractivity contribution in [3.63, 3.8) is 0 Å². The van der Waals surface area contributed by atoms with Gasteiger partial charge in [0.2, 0.25) is 0 Å². The lowest BCUT2D eigenvalue weighted by Crippen LogP contribution is -2.29. The summed E-state index contributed by atoms with van der Waals surface area (Å²) in [6, 6.07) is 13.5. The summed E-state index contributed by atoms with van der Waals surface area (Å²) in [5.74, 6) is 2.51. The molecule has 160 valence electrons. The van der Waals surface area contributed by atoms with E-state index < -0.39 is 5.41 Å². The van der Waals surface area contributed by atoms with E-state index in [-0.39, 0.29) is 11.5 Å². The predicted molar refractivity (Wildman–Crippen MR) is 120 cm³/mol. The van der Waals surface area contributed by atoms with Gasteiger partial charge in [-0.1, -0.05) is 19.1 Å². The van der Waals surface area contributed by atoms with Gasteiger partial charge in [-0.05, 0) is 88.4 Å². The molecule has 3 rings (SSSR count). The van der Waals surface area contributed by atoms with Crippen molar-refractivity contribution >= 4 is 16.8 Å². The number of rotatable bonds is 9. The second kappa shape index (κ2) is 8.95. The van der Waals surface area contributed by atoms with Crippen molar-refractivity contribution in [2.75, 3.05) is 6.61 Å². The van der Waals surface area contributed by atoms with Crippen LogP contribution in [0.3, 0.4) is 0 Å². The molecule has 1 atom stereocenters. The van der Waals surface area contributed by atoms with Crippen LogP contribution in [0.5, 0.6) is 11.5 Å². The van der Waals surface area contributed by atoms with Gasteiger partial charge < -0.3 is 14.3 Å². The Balaban J connectivity index is 1.65. The van der Waals surface area contributed by atoms with Gasteiger partial charge in [-0.25, -0.2) is 0 Å². The smallest absolute Gasteiger partial charge is 0.138 e. The molecule has 0 fully saturated rings. The summed E-state index contributed by atoms with van der Waals surface area (Å²) in [5, 5.41) is 10.6.